The van der Waals surface area contributed by atoms with Gasteiger partial charge in [-0.3, -0.25) is 9.78 Å². The summed E-state index contributed by atoms with van der Waals surface area (Å²) < 4.78 is 52.5. The molecule has 0 spiro atoms. The van der Waals surface area contributed by atoms with Crippen LogP contribution in [0.15, 0.2) is 47.0 Å². The SMILES string of the molecule is CN(C)CCCc1cnc(S(N)(=O)=O)cn1.CN(C)CCNc1cnc(S(=O)(=O)CC(=O)Nc2c3c(cc4c2CCC4)CCC3)cn1.N#COc1c2c(cc3c1CCC3)CCC2. The molecule has 62 heavy (non-hydrogen) atoms. The van der Waals surface area contributed by atoms with E-state index in [1.165, 1.54) is 82.1 Å². The van der Waals surface area contributed by atoms with Crippen LogP contribution in [0.5, 0.6) is 5.75 Å². The summed E-state index contributed by atoms with van der Waals surface area (Å²) >= 11 is 0. The van der Waals surface area contributed by atoms with Crippen molar-refractivity contribution in [1.82, 2.24) is 29.7 Å². The summed E-state index contributed by atoms with van der Waals surface area (Å²) in [5.74, 6) is 0.234. The fraction of sp³-hybridized carbons (Fsp3) is 0.500. The van der Waals surface area contributed by atoms with Gasteiger partial charge in [-0.25, -0.2) is 36.9 Å². The molecule has 2 aromatic carbocycles. The number of hydrogen-bond acceptors (Lipinski definition) is 14. The van der Waals surface area contributed by atoms with Gasteiger partial charge in [-0.1, -0.05) is 12.1 Å². The Hall–Kier alpha value is -5.06. The first kappa shape index (κ1) is 46.4. The molecule has 0 saturated carbocycles. The number of nitriles is 1. The molecule has 4 N–H and O–H groups in total. The predicted molar refractivity (Wildman–Crippen MR) is 237 cm³/mol. The summed E-state index contributed by atoms with van der Waals surface area (Å²) in [5.41, 5.74) is 12.0. The molecule has 16 nitrogen and oxygen atoms in total. The average Bonchev–Trinajstić information content (AvgIpc) is 4.06. The van der Waals surface area contributed by atoms with Crippen LogP contribution in [0.4, 0.5) is 11.5 Å². The van der Waals surface area contributed by atoms with E-state index in [9.17, 15) is 21.6 Å². The highest BCUT2D eigenvalue weighted by Crippen LogP contribution is 2.40. The van der Waals surface area contributed by atoms with Gasteiger partial charge in [0.2, 0.25) is 15.7 Å². The van der Waals surface area contributed by atoms with E-state index in [1.54, 1.807) is 0 Å². The number of carbonyl (C=O) groups is 1. The number of carbonyl (C=O) groups excluding carboxylic acids is 1. The number of primary sulfonamides is 1. The Morgan fingerprint density at radius 2 is 1.26 bits per heavy atom. The quantitative estimate of drug-likeness (QED) is 0.152. The Labute approximate surface area is 365 Å². The molecule has 2 heterocycles. The second-order valence-electron chi connectivity index (χ2n) is 16.7. The van der Waals surface area contributed by atoms with Crippen molar-refractivity contribution in [2.24, 2.45) is 5.14 Å². The zero-order valence-corrected chi connectivity index (χ0v) is 37.8. The number of aryl methyl sites for hydroxylation is 5. The molecule has 8 rings (SSSR count). The lowest BCUT2D eigenvalue weighted by Crippen LogP contribution is -2.25. The molecule has 0 unspecified atom stereocenters. The molecule has 4 aliphatic carbocycles. The number of nitrogens with one attached hydrogen (secondary N) is 2. The van der Waals surface area contributed by atoms with Gasteiger partial charge in [-0.15, -0.1) is 5.26 Å². The van der Waals surface area contributed by atoms with Gasteiger partial charge in [0.1, 0.15) is 17.3 Å². The van der Waals surface area contributed by atoms with Crippen molar-refractivity contribution < 1.29 is 26.4 Å². The lowest BCUT2D eigenvalue weighted by molar-refractivity contribution is -0.113. The van der Waals surface area contributed by atoms with Crippen LogP contribution in [-0.2, 0) is 82.4 Å². The normalized spacial score (nSPS) is 14.7. The Balaban J connectivity index is 0.000000173. The number of ether oxygens (including phenoxy) is 1. The summed E-state index contributed by atoms with van der Waals surface area (Å²) in [4.78, 5) is 32.7. The molecule has 332 valence electrons. The van der Waals surface area contributed by atoms with Crippen LogP contribution in [0.25, 0.3) is 0 Å². The van der Waals surface area contributed by atoms with Gasteiger partial charge in [-0.05, 0) is 169 Å². The van der Waals surface area contributed by atoms with Crippen molar-refractivity contribution in [3.63, 3.8) is 0 Å². The number of hydrogen-bond donors (Lipinski definition) is 3. The average molecular weight is 887 g/mol. The Kier molecular flexibility index (Phi) is 15.6. The summed E-state index contributed by atoms with van der Waals surface area (Å²) in [6.07, 6.45) is 21.8. The van der Waals surface area contributed by atoms with Gasteiger partial charge < -0.3 is 25.2 Å². The Bertz CT molecular complexity index is 2420. The molecule has 0 saturated heterocycles. The molecule has 0 fully saturated rings. The molecular weight excluding hydrogens is 829 g/mol. The predicted octanol–water partition coefficient (Wildman–Crippen LogP) is 3.98. The van der Waals surface area contributed by atoms with E-state index in [4.69, 9.17) is 15.1 Å². The molecule has 18 heteroatoms. The van der Waals surface area contributed by atoms with Crippen molar-refractivity contribution >= 4 is 37.3 Å². The largest absolute Gasteiger partial charge is 0.387 e. The number of benzene rings is 2. The number of nitrogens with zero attached hydrogens (tertiary/aromatic N) is 7. The number of likely N-dealkylation sites (N-methyl/N-ethyl adjacent to an activating group) is 1. The second-order valence-corrected chi connectivity index (χ2v) is 20.1. The van der Waals surface area contributed by atoms with Gasteiger partial charge in [0.15, 0.2) is 10.1 Å². The second kappa shape index (κ2) is 20.9. The van der Waals surface area contributed by atoms with E-state index in [0.717, 1.165) is 107 Å². The van der Waals surface area contributed by atoms with Crippen LogP contribution >= 0.6 is 0 Å². The summed E-state index contributed by atoms with van der Waals surface area (Å²) in [7, 11) is 0.305. The Morgan fingerprint density at radius 1 is 0.726 bits per heavy atom. The highest BCUT2D eigenvalue weighted by molar-refractivity contribution is 7.92. The number of aromatic nitrogens is 4. The van der Waals surface area contributed by atoms with E-state index in [1.807, 2.05) is 39.3 Å². The maximum absolute atomic E-state index is 12.7. The fourth-order valence-corrected chi connectivity index (χ4v) is 9.88. The number of amides is 1. The number of fused-ring (bicyclic) bond motifs is 4. The van der Waals surface area contributed by atoms with Gasteiger partial charge >= 0.3 is 0 Å². The Morgan fingerprint density at radius 3 is 1.74 bits per heavy atom. The maximum Gasteiger partial charge on any atom is 0.292 e. The zero-order valence-electron chi connectivity index (χ0n) is 36.2. The minimum Gasteiger partial charge on any atom is -0.387 e. The van der Waals surface area contributed by atoms with Crippen molar-refractivity contribution in [1.29, 1.82) is 5.26 Å². The third-order valence-electron chi connectivity index (χ3n) is 11.4. The maximum atomic E-state index is 12.7. The fourth-order valence-electron chi connectivity index (χ4n) is 8.49. The smallest absolute Gasteiger partial charge is 0.292 e. The van der Waals surface area contributed by atoms with E-state index < -0.39 is 31.5 Å². The number of anilines is 2. The van der Waals surface area contributed by atoms with Gasteiger partial charge in [-0.2, -0.15) is 0 Å². The van der Waals surface area contributed by atoms with Crippen molar-refractivity contribution in [3.8, 4) is 12.0 Å². The van der Waals surface area contributed by atoms with Crippen molar-refractivity contribution in [3.05, 3.63) is 87.1 Å². The first-order valence-corrected chi connectivity index (χ1v) is 24.4. The topological polar surface area (TPSA) is 226 Å². The van der Waals surface area contributed by atoms with Crippen LogP contribution in [0.1, 0.15) is 82.3 Å². The third kappa shape index (κ3) is 12.1. The molecule has 0 atom stereocenters. The standard InChI is InChI=1S/C22H29N5O3S.C13H13NO.C9H16N4O2S/c1-27(2)10-9-23-19-12-25-21(13-24-19)31(29,30)14-20(28)26-22-17-7-3-5-15(17)11-16-6-4-8-18(16)22;14-8-15-13-11-5-1-3-9(11)7-10-4-2-6-12(10)13;1-13(2)5-3-4-8-6-12-9(7-11-8)16(10,14)15/h11-13H,3-10,14H2,1-2H3,(H,23,24)(H,26,28);7H,1-6H2;6-7H,3-5H2,1-2H3,(H2,10,14,15). The van der Waals surface area contributed by atoms with Crippen LogP contribution < -0.4 is 20.5 Å². The van der Waals surface area contributed by atoms with Crippen LogP contribution in [0.3, 0.4) is 0 Å². The first-order valence-electron chi connectivity index (χ1n) is 21.2. The van der Waals surface area contributed by atoms with Crippen LogP contribution in [0, 0.1) is 11.5 Å². The van der Waals surface area contributed by atoms with E-state index in [2.05, 4.69) is 47.6 Å². The highest BCUT2D eigenvalue weighted by atomic mass is 32.2. The van der Waals surface area contributed by atoms with Crippen LogP contribution in [0.2, 0.25) is 0 Å². The van der Waals surface area contributed by atoms with Crippen molar-refractivity contribution in [2.75, 3.05) is 64.2 Å². The lowest BCUT2D eigenvalue weighted by Gasteiger charge is -2.16. The third-order valence-corrected chi connectivity index (χ3v) is 13.7. The summed E-state index contributed by atoms with van der Waals surface area (Å²) in [6, 6.07) is 4.62. The molecular formula is C44H58N10O6S2. The van der Waals surface area contributed by atoms with Gasteiger partial charge in [0.05, 0.1) is 24.3 Å². The molecule has 1 amide bonds. The van der Waals surface area contributed by atoms with Crippen LogP contribution in [-0.4, -0.2) is 106 Å². The number of rotatable bonds is 14. The highest BCUT2D eigenvalue weighted by Gasteiger charge is 2.28. The number of sulfone groups is 1. The van der Waals surface area contributed by atoms with E-state index in [-0.39, 0.29) is 10.1 Å². The van der Waals surface area contributed by atoms with E-state index >= 15 is 0 Å². The molecule has 4 aromatic rings. The van der Waals surface area contributed by atoms with Gasteiger partial charge in [0.25, 0.3) is 16.3 Å². The van der Waals surface area contributed by atoms with E-state index in [0.29, 0.717) is 12.4 Å². The van der Waals surface area contributed by atoms with Crippen molar-refractivity contribution in [2.45, 2.75) is 99.9 Å². The minimum atomic E-state index is -3.88. The summed E-state index contributed by atoms with van der Waals surface area (Å²) in [5, 5.41) is 19.3. The molecule has 2 aromatic heterocycles. The molecule has 0 bridgehead atoms. The lowest BCUT2D eigenvalue weighted by atomic mass is 9.98. The summed E-state index contributed by atoms with van der Waals surface area (Å²) in [6.45, 7) is 2.44. The molecule has 4 aliphatic rings. The monoisotopic (exact) mass is 886 g/mol. The number of sulfonamides is 1. The molecule has 0 aliphatic heterocycles. The van der Waals surface area contributed by atoms with Gasteiger partial charge in [0, 0.05) is 25.0 Å². The molecule has 0 radical (unpaired) electrons. The minimum absolute atomic E-state index is 0.190. The first-order chi connectivity index (χ1) is 29.6. The number of nitrogens with two attached hydrogens (primary N) is 1. The zero-order chi connectivity index (χ0) is 44.4.